The summed E-state index contributed by atoms with van der Waals surface area (Å²) in [6, 6.07) is 0. The van der Waals surface area contributed by atoms with Gasteiger partial charge in [-0.25, -0.2) is 4.79 Å². The van der Waals surface area contributed by atoms with Crippen LogP contribution < -0.4 is 5.63 Å². The van der Waals surface area contributed by atoms with Crippen molar-refractivity contribution in [1.29, 1.82) is 0 Å². The molecule has 0 saturated carbocycles. The van der Waals surface area contributed by atoms with Crippen LogP contribution in [-0.4, -0.2) is 5.11 Å². The minimum Gasteiger partial charge on any atom is -0.507 e. The fourth-order valence-corrected chi connectivity index (χ4v) is 3.26. The molecule has 0 aliphatic heterocycles. The summed E-state index contributed by atoms with van der Waals surface area (Å²) in [5.41, 5.74) is 1.36. The van der Waals surface area contributed by atoms with E-state index < -0.39 is 5.63 Å². The van der Waals surface area contributed by atoms with Crippen molar-refractivity contribution >= 4 is 5.57 Å². The topological polar surface area (TPSA) is 50.4 Å². The lowest BCUT2D eigenvalue weighted by molar-refractivity contribution is 0.361. The highest BCUT2D eigenvalue weighted by atomic mass is 16.4. The average molecular weight is 320 g/mol. The van der Waals surface area contributed by atoms with Crippen LogP contribution in [0.5, 0.6) is 5.75 Å². The molecule has 23 heavy (non-hydrogen) atoms. The Morgan fingerprint density at radius 2 is 1.74 bits per heavy atom. The summed E-state index contributed by atoms with van der Waals surface area (Å²) in [6.07, 6.45) is 5.73. The van der Waals surface area contributed by atoms with Gasteiger partial charge in [-0.05, 0) is 56.9 Å². The maximum atomic E-state index is 11.8. The Labute approximate surface area is 140 Å². The highest BCUT2D eigenvalue weighted by molar-refractivity contribution is 5.64. The zero-order valence-electron chi connectivity index (χ0n) is 15.7. The molecule has 3 heteroatoms. The Kier molecular flexibility index (Phi) is 7.11. The van der Waals surface area contributed by atoms with E-state index in [0.717, 1.165) is 17.9 Å². The van der Waals surface area contributed by atoms with E-state index in [1.165, 1.54) is 12.8 Å². The Morgan fingerprint density at radius 1 is 1.13 bits per heavy atom. The molecule has 0 unspecified atom stereocenters. The smallest absolute Gasteiger partial charge is 0.342 e. The normalized spacial score (nSPS) is 16.2. The van der Waals surface area contributed by atoms with E-state index >= 15 is 0 Å². The van der Waals surface area contributed by atoms with Gasteiger partial charge in [0.15, 0.2) is 0 Å². The second-order valence-electron chi connectivity index (χ2n) is 7.23. The van der Waals surface area contributed by atoms with Crippen LogP contribution >= 0.6 is 0 Å². The summed E-state index contributed by atoms with van der Waals surface area (Å²) in [4.78, 5) is 11.8. The molecule has 130 valence electrons. The number of hydrogen-bond acceptors (Lipinski definition) is 3. The summed E-state index contributed by atoms with van der Waals surface area (Å²) in [7, 11) is 0. The minimum atomic E-state index is -0.464. The lowest BCUT2D eigenvalue weighted by Crippen LogP contribution is -2.08. The molecule has 3 nitrogen and oxygen atoms in total. The average Bonchev–Trinajstić information content (AvgIpc) is 2.47. The third-order valence-electron chi connectivity index (χ3n) is 4.72. The van der Waals surface area contributed by atoms with Gasteiger partial charge in [0.05, 0.1) is 5.56 Å². The van der Waals surface area contributed by atoms with Gasteiger partial charge in [-0.2, -0.15) is 0 Å². The summed E-state index contributed by atoms with van der Waals surface area (Å²) >= 11 is 0. The van der Waals surface area contributed by atoms with E-state index in [2.05, 4.69) is 33.8 Å². The lowest BCUT2D eigenvalue weighted by atomic mass is 9.87. The third-order valence-corrected chi connectivity index (χ3v) is 4.72. The Morgan fingerprint density at radius 3 is 2.30 bits per heavy atom. The van der Waals surface area contributed by atoms with Crippen LogP contribution in [0.25, 0.3) is 5.57 Å². The summed E-state index contributed by atoms with van der Waals surface area (Å²) in [5.74, 6) is 2.38. The van der Waals surface area contributed by atoms with Crippen LogP contribution in [0.4, 0.5) is 0 Å². The molecule has 0 fully saturated rings. The van der Waals surface area contributed by atoms with Crippen molar-refractivity contribution in [3.8, 4) is 5.75 Å². The molecule has 0 saturated heterocycles. The van der Waals surface area contributed by atoms with Gasteiger partial charge in [0, 0.05) is 5.56 Å². The highest BCUT2D eigenvalue weighted by Gasteiger charge is 2.16. The minimum absolute atomic E-state index is 0.0433. The van der Waals surface area contributed by atoms with Crippen LogP contribution in [0.1, 0.15) is 70.8 Å². The van der Waals surface area contributed by atoms with E-state index in [1.54, 1.807) is 13.8 Å². The summed E-state index contributed by atoms with van der Waals surface area (Å²) in [6.45, 7) is 14.3. The zero-order chi connectivity index (χ0) is 17.7. The van der Waals surface area contributed by atoms with E-state index in [1.807, 2.05) is 6.92 Å². The molecule has 1 aromatic heterocycles. The SMILES string of the molecule is CC[C@H](C)C[C@@H](C)C[C@@H](C)/C=C(\C)c1oc(=O)c(C)c(O)c1C. The molecular weight excluding hydrogens is 288 g/mol. The van der Waals surface area contributed by atoms with E-state index in [-0.39, 0.29) is 11.3 Å². The number of allylic oxidation sites excluding steroid dienone is 2. The molecule has 1 heterocycles. The second kappa shape index (κ2) is 8.37. The second-order valence-corrected chi connectivity index (χ2v) is 7.23. The largest absolute Gasteiger partial charge is 0.507 e. The van der Waals surface area contributed by atoms with Crippen molar-refractivity contribution in [2.45, 2.75) is 67.7 Å². The first-order chi connectivity index (χ1) is 10.7. The molecule has 0 aromatic carbocycles. The molecule has 3 atom stereocenters. The van der Waals surface area contributed by atoms with Crippen LogP contribution in [0.3, 0.4) is 0 Å². The predicted molar refractivity (Wildman–Crippen MR) is 96.8 cm³/mol. The van der Waals surface area contributed by atoms with Crippen molar-refractivity contribution in [3.63, 3.8) is 0 Å². The third kappa shape index (κ3) is 5.26. The number of hydrogen-bond donors (Lipinski definition) is 1. The molecule has 0 aliphatic rings. The molecule has 1 aromatic rings. The predicted octanol–water partition coefficient (Wildman–Crippen LogP) is 5.46. The van der Waals surface area contributed by atoms with Crippen molar-refractivity contribution in [1.82, 2.24) is 0 Å². The number of rotatable bonds is 7. The Balaban J connectivity index is 2.90. The van der Waals surface area contributed by atoms with Crippen LogP contribution in [0.15, 0.2) is 15.3 Å². The molecule has 0 bridgehead atoms. The standard InChI is InChI=1S/C20H32O3/c1-8-12(2)9-13(3)10-14(4)11-15(5)19-16(6)18(21)17(7)20(22)23-19/h11-14,21H,8-10H2,1-7H3/b15-11+/t12-,13+,14+/m0/s1. The van der Waals surface area contributed by atoms with E-state index in [0.29, 0.717) is 23.2 Å². The quantitative estimate of drug-likeness (QED) is 0.725. The monoisotopic (exact) mass is 320 g/mol. The van der Waals surface area contributed by atoms with Gasteiger partial charge in [0.25, 0.3) is 0 Å². The Bertz CT molecular complexity index is 610. The van der Waals surface area contributed by atoms with Crippen molar-refractivity contribution < 1.29 is 9.52 Å². The highest BCUT2D eigenvalue weighted by Crippen LogP contribution is 2.29. The maximum absolute atomic E-state index is 11.8. The maximum Gasteiger partial charge on any atom is 0.342 e. The summed E-state index contributed by atoms with van der Waals surface area (Å²) in [5, 5.41) is 10.0. The molecule has 0 amide bonds. The van der Waals surface area contributed by atoms with E-state index in [4.69, 9.17) is 4.42 Å². The first-order valence-corrected chi connectivity index (χ1v) is 8.69. The first-order valence-electron chi connectivity index (χ1n) is 8.69. The molecule has 1 N–H and O–H groups in total. The van der Waals surface area contributed by atoms with Crippen LogP contribution in [-0.2, 0) is 0 Å². The van der Waals surface area contributed by atoms with Gasteiger partial charge >= 0.3 is 5.63 Å². The van der Waals surface area contributed by atoms with Gasteiger partial charge in [-0.3, -0.25) is 0 Å². The number of aromatic hydroxyl groups is 1. The van der Waals surface area contributed by atoms with Crippen molar-refractivity contribution in [3.05, 3.63) is 33.4 Å². The van der Waals surface area contributed by atoms with Gasteiger partial charge in [0.2, 0.25) is 0 Å². The first kappa shape index (κ1) is 19.5. The molecule has 0 radical (unpaired) electrons. The fourth-order valence-electron chi connectivity index (χ4n) is 3.26. The van der Waals surface area contributed by atoms with Gasteiger partial charge in [-0.1, -0.05) is 40.2 Å². The zero-order valence-corrected chi connectivity index (χ0v) is 15.7. The van der Waals surface area contributed by atoms with Gasteiger partial charge in [-0.15, -0.1) is 0 Å². The molecule has 1 rings (SSSR count). The van der Waals surface area contributed by atoms with Gasteiger partial charge in [0.1, 0.15) is 11.5 Å². The van der Waals surface area contributed by atoms with Crippen molar-refractivity contribution in [2.24, 2.45) is 17.8 Å². The van der Waals surface area contributed by atoms with Crippen molar-refractivity contribution in [2.75, 3.05) is 0 Å². The molecular formula is C20H32O3. The fraction of sp³-hybridized carbons (Fsp3) is 0.650. The van der Waals surface area contributed by atoms with E-state index in [9.17, 15) is 9.90 Å². The molecule has 0 spiro atoms. The summed E-state index contributed by atoms with van der Waals surface area (Å²) < 4.78 is 5.39. The molecule has 0 aliphatic carbocycles. The Hall–Kier alpha value is -1.51. The van der Waals surface area contributed by atoms with Crippen LogP contribution in [0, 0.1) is 31.6 Å². The lowest BCUT2D eigenvalue weighted by Gasteiger charge is -2.19. The van der Waals surface area contributed by atoms with Gasteiger partial charge < -0.3 is 9.52 Å². The van der Waals surface area contributed by atoms with Crippen LogP contribution in [0.2, 0.25) is 0 Å².